The van der Waals surface area contributed by atoms with Gasteiger partial charge in [-0.25, -0.2) is 13.6 Å². The summed E-state index contributed by atoms with van der Waals surface area (Å²) in [6.07, 6.45) is 2.95. The van der Waals surface area contributed by atoms with Crippen molar-refractivity contribution in [2.24, 2.45) is 5.14 Å². The minimum Gasteiger partial charge on any atom is -0.481 e. The number of nitrogens with two attached hydrogens (primary N) is 1. The van der Waals surface area contributed by atoms with E-state index in [1.54, 1.807) is 24.8 Å². The number of rotatable bonds is 5. The molecule has 1 heterocycles. The highest BCUT2D eigenvalue weighted by Gasteiger charge is 2.29. The summed E-state index contributed by atoms with van der Waals surface area (Å²) in [6.45, 7) is 3.93. The number of likely N-dealkylation sites (tertiary alicyclic amines) is 1. The Labute approximate surface area is 147 Å². The lowest BCUT2D eigenvalue weighted by Gasteiger charge is -2.36. The molecule has 1 aliphatic rings. The van der Waals surface area contributed by atoms with Gasteiger partial charge in [0.1, 0.15) is 0 Å². The van der Waals surface area contributed by atoms with Gasteiger partial charge in [0.05, 0.1) is 4.90 Å². The van der Waals surface area contributed by atoms with Gasteiger partial charge in [0.2, 0.25) is 10.0 Å². The number of piperidine rings is 1. The van der Waals surface area contributed by atoms with E-state index in [9.17, 15) is 18.0 Å². The minimum absolute atomic E-state index is 0.00377. The summed E-state index contributed by atoms with van der Waals surface area (Å²) >= 11 is 0. The molecule has 8 heteroatoms. The number of aliphatic carboxylic acids is 1. The molecule has 138 valence electrons. The summed E-state index contributed by atoms with van der Waals surface area (Å²) in [6, 6.07) is 2.84. The first kappa shape index (κ1) is 19.4. The second-order valence-corrected chi connectivity index (χ2v) is 8.07. The second kappa shape index (κ2) is 7.53. The number of sulfonamides is 1. The monoisotopic (exact) mass is 368 g/mol. The minimum atomic E-state index is -3.93. The normalized spacial score (nSPS) is 18.2. The van der Waals surface area contributed by atoms with Crippen molar-refractivity contribution >= 4 is 21.9 Å². The summed E-state index contributed by atoms with van der Waals surface area (Å²) in [4.78, 5) is 25.4. The summed E-state index contributed by atoms with van der Waals surface area (Å²) in [7, 11) is -3.93. The molecule has 0 saturated carbocycles. The van der Waals surface area contributed by atoms with Crippen LogP contribution in [0.4, 0.5) is 0 Å². The Morgan fingerprint density at radius 2 is 1.96 bits per heavy atom. The number of benzene rings is 1. The number of carbonyl (C=O) groups excluding carboxylic acids is 1. The number of carboxylic acids is 1. The molecule has 1 unspecified atom stereocenters. The number of amides is 1. The molecule has 1 atom stereocenters. The van der Waals surface area contributed by atoms with Crippen LogP contribution in [0, 0.1) is 13.8 Å². The SMILES string of the molecule is Cc1cc(C(=O)N2CCCCC2CCC(=O)O)cc(S(N)(=O)=O)c1C. The second-order valence-electron chi connectivity index (χ2n) is 6.54. The molecule has 2 rings (SSSR count). The van der Waals surface area contributed by atoms with Gasteiger partial charge in [0.25, 0.3) is 5.91 Å². The first-order chi connectivity index (χ1) is 11.6. The topological polar surface area (TPSA) is 118 Å². The average Bonchev–Trinajstić information content (AvgIpc) is 2.53. The zero-order valence-electron chi connectivity index (χ0n) is 14.5. The van der Waals surface area contributed by atoms with Crippen LogP contribution in [0.1, 0.15) is 53.6 Å². The highest BCUT2D eigenvalue weighted by Crippen LogP contribution is 2.26. The Kier molecular flexibility index (Phi) is 5.84. The molecular formula is C17H24N2O5S. The first-order valence-electron chi connectivity index (χ1n) is 8.28. The van der Waals surface area contributed by atoms with Crippen LogP contribution in [0.25, 0.3) is 0 Å². The number of hydrogen-bond donors (Lipinski definition) is 2. The van der Waals surface area contributed by atoms with Crippen LogP contribution in [0.2, 0.25) is 0 Å². The number of nitrogens with zero attached hydrogens (tertiary/aromatic N) is 1. The predicted octanol–water partition coefficient (Wildman–Crippen LogP) is 1.81. The fourth-order valence-corrected chi connectivity index (χ4v) is 4.15. The summed E-state index contributed by atoms with van der Waals surface area (Å²) in [5.41, 5.74) is 1.48. The molecule has 3 N–H and O–H groups in total. The number of carbonyl (C=O) groups is 2. The fraction of sp³-hybridized carbons (Fsp3) is 0.529. The molecule has 25 heavy (non-hydrogen) atoms. The van der Waals surface area contributed by atoms with E-state index >= 15 is 0 Å². The Morgan fingerprint density at radius 3 is 2.56 bits per heavy atom. The van der Waals surface area contributed by atoms with Gasteiger partial charge in [-0.3, -0.25) is 9.59 Å². The van der Waals surface area contributed by atoms with Gasteiger partial charge >= 0.3 is 5.97 Å². The lowest BCUT2D eigenvalue weighted by atomic mass is 9.96. The molecular weight excluding hydrogens is 344 g/mol. The van der Waals surface area contributed by atoms with Crippen LogP contribution in [0.15, 0.2) is 17.0 Å². The van der Waals surface area contributed by atoms with Crippen molar-refractivity contribution in [3.05, 3.63) is 28.8 Å². The molecule has 1 aromatic rings. The zero-order chi connectivity index (χ0) is 18.8. The van der Waals surface area contributed by atoms with E-state index in [1.165, 1.54) is 6.07 Å². The molecule has 7 nitrogen and oxygen atoms in total. The lowest BCUT2D eigenvalue weighted by Crippen LogP contribution is -2.44. The number of aryl methyl sites for hydroxylation is 1. The molecule has 1 amide bonds. The maximum absolute atomic E-state index is 12.9. The molecule has 0 bridgehead atoms. The molecule has 1 aliphatic heterocycles. The van der Waals surface area contributed by atoms with Crippen LogP contribution >= 0.6 is 0 Å². The van der Waals surface area contributed by atoms with E-state index in [1.807, 2.05) is 0 Å². The van der Waals surface area contributed by atoms with Gasteiger partial charge in [-0.2, -0.15) is 0 Å². The Hall–Kier alpha value is -1.93. The van der Waals surface area contributed by atoms with E-state index in [-0.39, 0.29) is 28.8 Å². The van der Waals surface area contributed by atoms with Crippen molar-refractivity contribution in [1.29, 1.82) is 0 Å². The predicted molar refractivity (Wildman–Crippen MR) is 92.8 cm³/mol. The molecule has 1 fully saturated rings. The van der Waals surface area contributed by atoms with Gasteiger partial charge in [0.15, 0.2) is 0 Å². The van der Waals surface area contributed by atoms with Gasteiger partial charge < -0.3 is 10.0 Å². The third-order valence-corrected chi connectivity index (χ3v) is 5.79. The van der Waals surface area contributed by atoms with Crippen molar-refractivity contribution in [1.82, 2.24) is 4.90 Å². The van der Waals surface area contributed by atoms with Gasteiger partial charge in [-0.1, -0.05) is 0 Å². The van der Waals surface area contributed by atoms with E-state index in [2.05, 4.69) is 0 Å². The number of primary sulfonamides is 1. The van der Waals surface area contributed by atoms with Gasteiger partial charge in [0, 0.05) is 24.6 Å². The molecule has 0 spiro atoms. The van der Waals surface area contributed by atoms with Crippen molar-refractivity contribution < 1.29 is 23.1 Å². The van der Waals surface area contributed by atoms with Crippen molar-refractivity contribution in [3.8, 4) is 0 Å². The number of carboxylic acid groups (broad SMARTS) is 1. The van der Waals surface area contributed by atoms with E-state index in [0.717, 1.165) is 19.3 Å². The molecule has 1 saturated heterocycles. The molecule has 0 aromatic heterocycles. The molecule has 0 radical (unpaired) electrons. The highest BCUT2D eigenvalue weighted by molar-refractivity contribution is 7.89. The number of hydrogen-bond acceptors (Lipinski definition) is 4. The largest absolute Gasteiger partial charge is 0.481 e. The first-order valence-corrected chi connectivity index (χ1v) is 9.82. The van der Waals surface area contributed by atoms with Crippen molar-refractivity contribution in [2.45, 2.75) is 56.9 Å². The Morgan fingerprint density at radius 1 is 1.28 bits per heavy atom. The van der Waals surface area contributed by atoms with Gasteiger partial charge in [-0.05, 0) is 62.8 Å². The lowest BCUT2D eigenvalue weighted by molar-refractivity contribution is -0.137. The third kappa shape index (κ3) is 4.58. The molecule has 1 aromatic carbocycles. The standard InChI is InChI=1S/C17H24N2O5S/c1-11-9-13(10-15(12(11)2)25(18,23)24)17(22)19-8-4-3-5-14(19)6-7-16(20)21/h9-10,14H,3-8H2,1-2H3,(H,20,21)(H2,18,23,24). The van der Waals surface area contributed by atoms with Crippen LogP contribution in [-0.4, -0.2) is 42.9 Å². The van der Waals surface area contributed by atoms with Crippen LogP contribution < -0.4 is 5.14 Å². The highest BCUT2D eigenvalue weighted by atomic mass is 32.2. The van der Waals surface area contributed by atoms with Crippen LogP contribution in [-0.2, 0) is 14.8 Å². The maximum atomic E-state index is 12.9. The summed E-state index contributed by atoms with van der Waals surface area (Å²) in [5, 5.41) is 14.2. The Bertz CT molecular complexity index is 788. The van der Waals surface area contributed by atoms with E-state index in [4.69, 9.17) is 10.2 Å². The Balaban J connectivity index is 2.35. The zero-order valence-corrected chi connectivity index (χ0v) is 15.3. The average molecular weight is 368 g/mol. The summed E-state index contributed by atoms with van der Waals surface area (Å²) in [5.74, 6) is -1.16. The summed E-state index contributed by atoms with van der Waals surface area (Å²) < 4.78 is 23.6. The third-order valence-electron chi connectivity index (χ3n) is 4.75. The van der Waals surface area contributed by atoms with Crippen LogP contribution in [0.5, 0.6) is 0 Å². The van der Waals surface area contributed by atoms with E-state index < -0.39 is 16.0 Å². The van der Waals surface area contributed by atoms with Gasteiger partial charge in [-0.15, -0.1) is 0 Å². The van der Waals surface area contributed by atoms with E-state index in [0.29, 0.717) is 24.1 Å². The van der Waals surface area contributed by atoms with Crippen LogP contribution in [0.3, 0.4) is 0 Å². The smallest absolute Gasteiger partial charge is 0.303 e. The fourth-order valence-electron chi connectivity index (χ4n) is 3.27. The maximum Gasteiger partial charge on any atom is 0.303 e. The van der Waals surface area contributed by atoms with Crippen molar-refractivity contribution in [3.63, 3.8) is 0 Å². The quantitative estimate of drug-likeness (QED) is 0.822. The van der Waals surface area contributed by atoms with Crippen molar-refractivity contribution in [2.75, 3.05) is 6.54 Å². The molecule has 0 aliphatic carbocycles.